The highest BCUT2D eigenvalue weighted by Crippen LogP contribution is 2.34. The molecule has 4 nitrogen and oxygen atoms in total. The highest BCUT2D eigenvalue weighted by atomic mass is 35.5. The van der Waals surface area contributed by atoms with Crippen LogP contribution in [0, 0.1) is 0 Å². The Kier molecular flexibility index (Phi) is 5.62. The van der Waals surface area contributed by atoms with Gasteiger partial charge in [0.1, 0.15) is 0 Å². The first kappa shape index (κ1) is 13.8. The zero-order valence-electron chi connectivity index (χ0n) is 8.39. The molecule has 88 valence electrons. The lowest BCUT2D eigenvalue weighted by molar-refractivity contribution is -0.0792. The molecule has 0 aliphatic rings. The van der Waals surface area contributed by atoms with Crippen LogP contribution in [-0.2, 0) is 13.8 Å². The van der Waals surface area contributed by atoms with E-state index in [1.807, 2.05) is 0 Å². The molecule has 2 unspecified atom stereocenters. The van der Waals surface area contributed by atoms with Crippen LogP contribution in [0.1, 0.15) is 18.8 Å². The van der Waals surface area contributed by atoms with E-state index < -0.39 is 14.5 Å². The van der Waals surface area contributed by atoms with Crippen LogP contribution in [-0.4, -0.2) is 11.5 Å². The quantitative estimate of drug-likeness (QED) is 0.661. The third-order valence-electron chi connectivity index (χ3n) is 1.72. The zero-order valence-corrected chi connectivity index (χ0v) is 10.8. The van der Waals surface area contributed by atoms with Gasteiger partial charge in [0.05, 0.1) is 5.02 Å². The molecule has 1 N–H and O–H groups in total. The van der Waals surface area contributed by atoms with Gasteiger partial charge in [0.2, 0.25) is 6.29 Å². The molecule has 0 radical (unpaired) electrons. The third-order valence-corrected chi connectivity index (χ3v) is 2.65. The van der Waals surface area contributed by atoms with Crippen molar-refractivity contribution in [2.75, 3.05) is 6.61 Å². The molecule has 0 spiro atoms. The van der Waals surface area contributed by atoms with Crippen LogP contribution >= 0.6 is 31.5 Å². The Bertz CT molecular complexity index is 386. The molecule has 7 heteroatoms. The summed E-state index contributed by atoms with van der Waals surface area (Å²) in [6.07, 6.45) is -0.969. The van der Waals surface area contributed by atoms with E-state index in [1.54, 1.807) is 19.1 Å². The molecule has 0 bridgehead atoms. The first-order valence-electron chi connectivity index (χ1n) is 4.44. The second-order valence-corrected chi connectivity index (χ2v) is 4.33. The van der Waals surface area contributed by atoms with Gasteiger partial charge in [-0.1, -0.05) is 33.8 Å². The molecule has 0 heterocycles. The highest BCUT2D eigenvalue weighted by Gasteiger charge is 2.27. The molecule has 1 aromatic rings. The fourth-order valence-corrected chi connectivity index (χ4v) is 1.94. The molecule has 0 aliphatic carbocycles. The van der Waals surface area contributed by atoms with E-state index in [4.69, 9.17) is 37.4 Å². The third kappa shape index (κ3) is 3.98. The Morgan fingerprint density at radius 3 is 2.69 bits per heavy atom. The normalized spacial score (nSPS) is 13.6. The van der Waals surface area contributed by atoms with Gasteiger partial charge >= 0.3 is 8.25 Å². The van der Waals surface area contributed by atoms with Crippen LogP contribution in [0.5, 0.6) is 0 Å². The molecule has 0 fully saturated rings. The molecule has 0 aromatic heterocycles. The second-order valence-electron chi connectivity index (χ2n) is 2.80. The summed E-state index contributed by atoms with van der Waals surface area (Å²) in [5.74, 6) is 0. The van der Waals surface area contributed by atoms with Crippen LogP contribution < -0.4 is 0 Å². The Morgan fingerprint density at radius 2 is 2.19 bits per heavy atom. The molecular weight excluding hydrogens is 274 g/mol. The van der Waals surface area contributed by atoms with Gasteiger partial charge in [0.15, 0.2) is 0 Å². The van der Waals surface area contributed by atoms with Crippen molar-refractivity contribution in [2.24, 2.45) is 0 Å². The van der Waals surface area contributed by atoms with Crippen molar-refractivity contribution in [2.45, 2.75) is 13.2 Å². The van der Waals surface area contributed by atoms with Crippen molar-refractivity contribution in [1.29, 1.82) is 0 Å². The molecule has 0 saturated heterocycles. The number of halogens is 2. The van der Waals surface area contributed by atoms with E-state index in [2.05, 4.69) is 0 Å². The summed E-state index contributed by atoms with van der Waals surface area (Å²) in [4.78, 5) is 8.69. The fraction of sp³-hybridized carbons (Fsp3) is 0.333. The summed E-state index contributed by atoms with van der Waals surface area (Å²) >= 11 is 11.7. The van der Waals surface area contributed by atoms with Crippen LogP contribution in [0.15, 0.2) is 18.2 Å². The minimum absolute atomic E-state index is 0.322. The SMILES string of the molecule is CCOC(O[P+](=O)O)c1ccc(Cl)cc1Cl. The number of benzene rings is 1. The van der Waals surface area contributed by atoms with Crippen molar-refractivity contribution < 1.29 is 18.7 Å². The first-order valence-corrected chi connectivity index (χ1v) is 6.32. The van der Waals surface area contributed by atoms with Crippen LogP contribution in [0.2, 0.25) is 10.0 Å². The number of hydrogen-bond donors (Lipinski definition) is 1. The predicted molar refractivity (Wildman–Crippen MR) is 61.7 cm³/mol. The average Bonchev–Trinajstić information content (AvgIpc) is 2.16. The van der Waals surface area contributed by atoms with Crippen LogP contribution in [0.3, 0.4) is 0 Å². The van der Waals surface area contributed by atoms with Crippen LogP contribution in [0.25, 0.3) is 0 Å². The van der Waals surface area contributed by atoms with Crippen molar-refractivity contribution >= 4 is 31.5 Å². The van der Waals surface area contributed by atoms with Gasteiger partial charge in [-0.25, -0.2) is 0 Å². The molecule has 16 heavy (non-hydrogen) atoms. The number of ether oxygens (including phenoxy) is 1. The molecule has 0 amide bonds. The maximum Gasteiger partial charge on any atom is 0.697 e. The van der Waals surface area contributed by atoms with Gasteiger partial charge in [0.25, 0.3) is 0 Å². The topological polar surface area (TPSA) is 55.8 Å². The number of hydrogen-bond acceptors (Lipinski definition) is 3. The smallest absolute Gasteiger partial charge is 0.345 e. The average molecular weight is 284 g/mol. The Labute approximate surface area is 104 Å². The van der Waals surface area contributed by atoms with E-state index in [0.717, 1.165) is 0 Å². The maximum atomic E-state index is 10.6. The summed E-state index contributed by atoms with van der Waals surface area (Å²) in [6, 6.07) is 4.70. The molecule has 1 rings (SSSR count). The first-order chi connectivity index (χ1) is 7.54. The minimum Gasteiger partial charge on any atom is -0.345 e. The largest absolute Gasteiger partial charge is 0.697 e. The van der Waals surface area contributed by atoms with Crippen molar-refractivity contribution in [1.82, 2.24) is 0 Å². The molecule has 0 saturated carbocycles. The van der Waals surface area contributed by atoms with Crippen molar-refractivity contribution in [3.8, 4) is 0 Å². The second kappa shape index (κ2) is 6.50. The lowest BCUT2D eigenvalue weighted by Gasteiger charge is -2.12. The van der Waals surface area contributed by atoms with E-state index in [9.17, 15) is 4.57 Å². The minimum atomic E-state index is -2.76. The lowest BCUT2D eigenvalue weighted by atomic mass is 10.2. The van der Waals surface area contributed by atoms with E-state index in [-0.39, 0.29) is 0 Å². The summed E-state index contributed by atoms with van der Waals surface area (Å²) in [5, 5.41) is 0.792. The van der Waals surface area contributed by atoms with Gasteiger partial charge < -0.3 is 4.74 Å². The molecule has 0 aliphatic heterocycles. The summed E-state index contributed by atoms with van der Waals surface area (Å²) in [6.45, 7) is 2.07. The molecular formula is C9H10Cl2O4P+. The van der Waals surface area contributed by atoms with Crippen LogP contribution in [0.4, 0.5) is 0 Å². The van der Waals surface area contributed by atoms with Gasteiger partial charge in [-0.15, -0.1) is 4.89 Å². The fourth-order valence-electron chi connectivity index (χ4n) is 1.10. The van der Waals surface area contributed by atoms with E-state index in [1.165, 1.54) is 6.07 Å². The molecule has 2 atom stereocenters. The predicted octanol–water partition coefficient (Wildman–Crippen LogP) is 3.69. The van der Waals surface area contributed by atoms with Crippen molar-refractivity contribution in [3.05, 3.63) is 33.8 Å². The summed E-state index contributed by atoms with van der Waals surface area (Å²) in [5.41, 5.74) is 0.463. The maximum absolute atomic E-state index is 10.6. The van der Waals surface area contributed by atoms with Gasteiger partial charge in [-0.2, -0.15) is 0 Å². The molecule has 1 aromatic carbocycles. The van der Waals surface area contributed by atoms with Gasteiger partial charge in [-0.05, 0) is 19.1 Å². The standard InChI is InChI=1S/C9H9Cl2O4P/c1-2-14-9(15-16(12)13)7-4-3-6(10)5-8(7)11/h3-5,9H,2H2,1H3/p+1. The highest BCUT2D eigenvalue weighted by molar-refractivity contribution is 7.32. The summed E-state index contributed by atoms with van der Waals surface area (Å²) < 4.78 is 20.5. The lowest BCUT2D eigenvalue weighted by Crippen LogP contribution is -2.06. The summed E-state index contributed by atoms with van der Waals surface area (Å²) in [7, 11) is -2.76. The number of rotatable bonds is 5. The van der Waals surface area contributed by atoms with Gasteiger partial charge in [-0.3, -0.25) is 0 Å². The monoisotopic (exact) mass is 283 g/mol. The zero-order chi connectivity index (χ0) is 12.1. The van der Waals surface area contributed by atoms with E-state index in [0.29, 0.717) is 22.2 Å². The Morgan fingerprint density at radius 1 is 1.50 bits per heavy atom. The van der Waals surface area contributed by atoms with E-state index >= 15 is 0 Å². The van der Waals surface area contributed by atoms with Crippen molar-refractivity contribution in [3.63, 3.8) is 0 Å². The van der Waals surface area contributed by atoms with Gasteiger partial charge in [0, 0.05) is 21.8 Å². The Hall–Kier alpha value is -0.220. The Balaban J connectivity index is 2.95.